The van der Waals surface area contributed by atoms with E-state index in [1.165, 1.54) is 12.1 Å². The summed E-state index contributed by atoms with van der Waals surface area (Å²) in [5.74, 6) is -1.53. The first-order chi connectivity index (χ1) is 8.39. The van der Waals surface area contributed by atoms with Crippen LogP contribution in [-0.2, 0) is 19.9 Å². The topological polar surface area (TPSA) is 27.7 Å². The van der Waals surface area contributed by atoms with Gasteiger partial charge in [-0.25, -0.2) is 4.39 Å². The lowest BCUT2D eigenvalue weighted by molar-refractivity contribution is -0.378. The summed E-state index contributed by atoms with van der Waals surface area (Å²) >= 11 is 0. The Balaban J connectivity index is 3.11. The maximum atomic E-state index is 13.0. The SMILES string of the molecule is CC(C)OC(O[SiH3])(OC(C)C)c1ccc(F)cc1. The molecule has 0 aliphatic heterocycles. The van der Waals surface area contributed by atoms with Gasteiger partial charge in [-0.3, -0.25) is 0 Å². The van der Waals surface area contributed by atoms with E-state index in [4.69, 9.17) is 13.9 Å². The third kappa shape index (κ3) is 3.88. The first-order valence-electron chi connectivity index (χ1n) is 6.06. The third-order valence-corrected chi connectivity index (χ3v) is 2.79. The number of ether oxygens (including phenoxy) is 2. The highest BCUT2D eigenvalue weighted by Crippen LogP contribution is 2.31. The molecule has 1 aromatic rings. The summed E-state index contributed by atoms with van der Waals surface area (Å²) < 4.78 is 30.1. The van der Waals surface area contributed by atoms with E-state index in [0.717, 1.165) is 0 Å². The highest BCUT2D eigenvalue weighted by atomic mass is 28.2. The van der Waals surface area contributed by atoms with Crippen molar-refractivity contribution in [3.05, 3.63) is 35.6 Å². The predicted molar refractivity (Wildman–Crippen MR) is 71.5 cm³/mol. The molecule has 3 nitrogen and oxygen atoms in total. The first kappa shape index (κ1) is 15.3. The summed E-state index contributed by atoms with van der Waals surface area (Å²) in [4.78, 5) is 0. The number of rotatable bonds is 6. The van der Waals surface area contributed by atoms with Crippen molar-refractivity contribution < 1.29 is 18.3 Å². The van der Waals surface area contributed by atoms with Crippen LogP contribution in [0, 0.1) is 5.82 Å². The molecule has 0 aliphatic carbocycles. The van der Waals surface area contributed by atoms with Crippen LogP contribution in [0.2, 0.25) is 0 Å². The molecule has 0 bridgehead atoms. The summed E-state index contributed by atoms with van der Waals surface area (Å²) in [6.07, 6.45) is -0.134. The maximum Gasteiger partial charge on any atom is 0.302 e. The zero-order valence-electron chi connectivity index (χ0n) is 11.6. The molecule has 0 radical (unpaired) electrons. The molecule has 102 valence electrons. The van der Waals surface area contributed by atoms with Crippen molar-refractivity contribution in [2.24, 2.45) is 0 Å². The average molecular weight is 272 g/mol. The standard InChI is InChI=1S/C13H21FO3Si/c1-9(2)15-13(17-18,16-10(3)4)11-5-7-12(14)8-6-11/h5-10H,1-4,18H3. The fourth-order valence-electron chi connectivity index (χ4n) is 1.65. The second kappa shape index (κ2) is 6.42. The number of hydrogen-bond donors (Lipinski definition) is 0. The van der Waals surface area contributed by atoms with Gasteiger partial charge >= 0.3 is 5.97 Å². The number of benzene rings is 1. The molecule has 1 rings (SSSR count). The van der Waals surface area contributed by atoms with Gasteiger partial charge in [-0.2, -0.15) is 0 Å². The normalized spacial score (nSPS) is 12.6. The summed E-state index contributed by atoms with van der Waals surface area (Å²) in [5.41, 5.74) is 0.668. The lowest BCUT2D eigenvalue weighted by atomic mass is 10.2. The molecule has 0 fully saturated rings. The zero-order chi connectivity index (χ0) is 13.8. The van der Waals surface area contributed by atoms with Gasteiger partial charge in [0, 0.05) is 5.56 Å². The minimum Gasteiger partial charge on any atom is -0.376 e. The summed E-state index contributed by atoms with van der Waals surface area (Å²) in [7, 11) is 0.446. The van der Waals surface area contributed by atoms with E-state index >= 15 is 0 Å². The van der Waals surface area contributed by atoms with Crippen LogP contribution in [0.15, 0.2) is 24.3 Å². The second-order valence-corrected chi connectivity index (χ2v) is 5.01. The van der Waals surface area contributed by atoms with Gasteiger partial charge in [-0.15, -0.1) is 0 Å². The van der Waals surface area contributed by atoms with Crippen LogP contribution < -0.4 is 0 Å². The van der Waals surface area contributed by atoms with E-state index in [-0.39, 0.29) is 18.0 Å². The minimum absolute atomic E-state index is 0.0669. The van der Waals surface area contributed by atoms with Gasteiger partial charge in [-0.05, 0) is 52.0 Å². The van der Waals surface area contributed by atoms with Crippen LogP contribution in [0.25, 0.3) is 0 Å². The van der Waals surface area contributed by atoms with Gasteiger partial charge in [0.25, 0.3) is 0 Å². The van der Waals surface area contributed by atoms with Crippen molar-refractivity contribution in [3.8, 4) is 0 Å². The minimum atomic E-state index is -1.23. The Morgan fingerprint density at radius 3 is 1.78 bits per heavy atom. The average Bonchev–Trinajstić information content (AvgIpc) is 2.27. The van der Waals surface area contributed by atoms with Crippen molar-refractivity contribution in [3.63, 3.8) is 0 Å². The van der Waals surface area contributed by atoms with Gasteiger partial charge in [0.05, 0.1) is 12.2 Å². The fraction of sp³-hybridized carbons (Fsp3) is 0.538. The van der Waals surface area contributed by atoms with Gasteiger partial charge in [0.1, 0.15) is 5.82 Å². The van der Waals surface area contributed by atoms with E-state index in [1.807, 2.05) is 27.7 Å². The molecule has 0 saturated carbocycles. The summed E-state index contributed by atoms with van der Waals surface area (Å²) in [5, 5.41) is 0. The van der Waals surface area contributed by atoms with Crippen LogP contribution >= 0.6 is 0 Å². The van der Waals surface area contributed by atoms with Gasteiger partial charge < -0.3 is 13.9 Å². The van der Waals surface area contributed by atoms with Crippen LogP contribution in [0.3, 0.4) is 0 Å². The van der Waals surface area contributed by atoms with E-state index in [1.54, 1.807) is 12.1 Å². The third-order valence-electron chi connectivity index (χ3n) is 2.25. The smallest absolute Gasteiger partial charge is 0.302 e. The van der Waals surface area contributed by atoms with E-state index in [2.05, 4.69) is 0 Å². The van der Waals surface area contributed by atoms with Gasteiger partial charge in [-0.1, -0.05) is 0 Å². The van der Waals surface area contributed by atoms with Crippen LogP contribution in [0.5, 0.6) is 0 Å². The van der Waals surface area contributed by atoms with E-state index in [9.17, 15) is 4.39 Å². The Kier molecular flexibility index (Phi) is 5.46. The molecule has 0 atom stereocenters. The molecule has 18 heavy (non-hydrogen) atoms. The predicted octanol–water partition coefficient (Wildman–Crippen LogP) is 2.08. The zero-order valence-corrected chi connectivity index (χ0v) is 13.6. The number of halogens is 1. The molecule has 0 amide bonds. The molecule has 0 N–H and O–H groups in total. The molecule has 0 aromatic heterocycles. The van der Waals surface area contributed by atoms with Crippen molar-refractivity contribution in [2.45, 2.75) is 45.9 Å². The van der Waals surface area contributed by atoms with Crippen LogP contribution in [0.1, 0.15) is 33.3 Å². The van der Waals surface area contributed by atoms with E-state index < -0.39 is 5.97 Å². The molecular formula is C13H21FO3Si. The van der Waals surface area contributed by atoms with E-state index in [0.29, 0.717) is 16.0 Å². The van der Waals surface area contributed by atoms with Crippen LogP contribution in [-0.4, -0.2) is 22.7 Å². The Labute approximate surface area is 111 Å². The molecular weight excluding hydrogens is 251 g/mol. The Hall–Kier alpha value is -0.753. The highest BCUT2D eigenvalue weighted by Gasteiger charge is 2.36. The maximum absolute atomic E-state index is 13.0. The first-order valence-corrected chi connectivity index (χ1v) is 6.88. The monoisotopic (exact) mass is 272 g/mol. The molecule has 1 aromatic carbocycles. The molecule has 5 heteroatoms. The largest absolute Gasteiger partial charge is 0.376 e. The molecule has 0 saturated heterocycles. The van der Waals surface area contributed by atoms with Crippen molar-refractivity contribution >= 4 is 10.5 Å². The lowest BCUT2D eigenvalue weighted by Gasteiger charge is -2.36. The summed E-state index contributed by atoms with van der Waals surface area (Å²) in [6, 6.07) is 5.99. The Morgan fingerprint density at radius 2 is 1.44 bits per heavy atom. The van der Waals surface area contributed by atoms with Crippen LogP contribution in [0.4, 0.5) is 4.39 Å². The Morgan fingerprint density at radius 1 is 1.00 bits per heavy atom. The van der Waals surface area contributed by atoms with Crippen molar-refractivity contribution in [1.82, 2.24) is 0 Å². The molecule has 0 spiro atoms. The van der Waals surface area contributed by atoms with Crippen molar-refractivity contribution in [2.75, 3.05) is 0 Å². The fourth-order valence-corrected chi connectivity index (χ4v) is 2.08. The van der Waals surface area contributed by atoms with Crippen molar-refractivity contribution in [1.29, 1.82) is 0 Å². The highest BCUT2D eigenvalue weighted by molar-refractivity contribution is 5.98. The summed E-state index contributed by atoms with van der Waals surface area (Å²) in [6.45, 7) is 7.62. The quantitative estimate of drug-likeness (QED) is 0.586. The second-order valence-electron chi connectivity index (χ2n) is 4.60. The molecule has 0 heterocycles. The number of hydrogen-bond acceptors (Lipinski definition) is 3. The van der Waals surface area contributed by atoms with Gasteiger partial charge in [0.2, 0.25) is 0 Å². The molecule has 0 unspecified atom stereocenters. The van der Waals surface area contributed by atoms with Gasteiger partial charge in [0.15, 0.2) is 10.5 Å². The Bertz CT molecular complexity index is 355. The molecule has 0 aliphatic rings. The lowest BCUT2D eigenvalue weighted by Crippen LogP contribution is -2.40.